The van der Waals surface area contributed by atoms with Crippen molar-refractivity contribution in [2.45, 2.75) is 13.5 Å². The Morgan fingerprint density at radius 3 is 2.78 bits per heavy atom. The first kappa shape index (κ1) is 12.2. The van der Waals surface area contributed by atoms with Crippen LogP contribution in [-0.2, 0) is 13.6 Å². The monoisotopic (exact) mass is 244 g/mol. The second kappa shape index (κ2) is 4.91. The molecule has 2 aromatic rings. The van der Waals surface area contributed by atoms with E-state index in [0.29, 0.717) is 17.8 Å². The van der Waals surface area contributed by atoms with E-state index in [1.54, 1.807) is 28.9 Å². The molecule has 0 radical (unpaired) electrons. The minimum Gasteiger partial charge on any atom is -0.398 e. The lowest BCUT2D eigenvalue weighted by molar-refractivity contribution is 0.0952. The third-order valence-electron chi connectivity index (χ3n) is 2.76. The number of nitrogens with one attached hydrogen (secondary N) is 1. The number of rotatable bonds is 3. The number of nitrogens with two attached hydrogens (primary N) is 1. The van der Waals surface area contributed by atoms with Crippen LogP contribution in [0, 0.1) is 6.92 Å². The highest BCUT2D eigenvalue weighted by Crippen LogP contribution is 2.11. The van der Waals surface area contributed by atoms with Crippen LogP contribution < -0.4 is 11.1 Å². The van der Waals surface area contributed by atoms with Gasteiger partial charge in [-0.1, -0.05) is 12.1 Å². The summed E-state index contributed by atoms with van der Waals surface area (Å²) in [6.45, 7) is 2.37. The molecule has 1 aromatic carbocycles. The Labute approximate surface area is 106 Å². The molecule has 3 N–H and O–H groups in total. The molecule has 18 heavy (non-hydrogen) atoms. The molecular weight excluding hydrogens is 228 g/mol. The zero-order valence-corrected chi connectivity index (χ0v) is 10.5. The van der Waals surface area contributed by atoms with E-state index in [9.17, 15) is 4.79 Å². The Morgan fingerprint density at radius 1 is 1.44 bits per heavy atom. The molecule has 1 heterocycles. The van der Waals surface area contributed by atoms with E-state index in [-0.39, 0.29) is 5.91 Å². The number of anilines is 1. The quantitative estimate of drug-likeness (QED) is 0.798. The predicted octanol–water partition coefficient (Wildman–Crippen LogP) is 1.24. The highest BCUT2D eigenvalue weighted by atomic mass is 16.1. The number of para-hydroxylation sites is 1. The third-order valence-corrected chi connectivity index (χ3v) is 2.76. The van der Waals surface area contributed by atoms with E-state index in [2.05, 4.69) is 10.4 Å². The van der Waals surface area contributed by atoms with Gasteiger partial charge < -0.3 is 11.1 Å². The molecule has 0 saturated heterocycles. The number of amides is 1. The van der Waals surface area contributed by atoms with Gasteiger partial charge in [0, 0.05) is 31.0 Å². The number of nitrogen functional groups attached to an aromatic ring is 1. The highest BCUT2D eigenvalue weighted by Gasteiger charge is 2.10. The van der Waals surface area contributed by atoms with E-state index in [1.165, 1.54) is 0 Å². The van der Waals surface area contributed by atoms with E-state index in [0.717, 1.165) is 11.3 Å². The van der Waals surface area contributed by atoms with Crippen LogP contribution in [0.25, 0.3) is 0 Å². The second-order valence-corrected chi connectivity index (χ2v) is 4.18. The first-order valence-corrected chi connectivity index (χ1v) is 5.69. The largest absolute Gasteiger partial charge is 0.398 e. The Balaban J connectivity index is 2.05. The number of carbonyl (C=O) groups excluding carboxylic acids is 1. The van der Waals surface area contributed by atoms with Crippen LogP contribution in [0.3, 0.4) is 0 Å². The molecule has 2 rings (SSSR count). The standard InChI is InChI=1S/C13H16N4O/c1-9-10(8-17(2)16-9)7-15-13(18)11-5-3-4-6-12(11)14/h3-6,8H,7,14H2,1-2H3,(H,15,18). The fourth-order valence-electron chi connectivity index (χ4n) is 1.80. The molecule has 0 spiro atoms. The van der Waals surface area contributed by atoms with Crippen molar-refractivity contribution < 1.29 is 4.79 Å². The van der Waals surface area contributed by atoms with E-state index in [1.807, 2.05) is 20.2 Å². The van der Waals surface area contributed by atoms with Crippen LogP contribution >= 0.6 is 0 Å². The number of aryl methyl sites for hydroxylation is 2. The smallest absolute Gasteiger partial charge is 0.253 e. The zero-order valence-electron chi connectivity index (χ0n) is 10.5. The molecule has 0 fully saturated rings. The minimum absolute atomic E-state index is 0.170. The molecule has 94 valence electrons. The van der Waals surface area contributed by atoms with Crippen molar-refractivity contribution in [1.82, 2.24) is 15.1 Å². The number of benzene rings is 1. The van der Waals surface area contributed by atoms with Crippen molar-refractivity contribution in [3.05, 3.63) is 47.3 Å². The van der Waals surface area contributed by atoms with Gasteiger partial charge in [0.05, 0.1) is 11.3 Å². The van der Waals surface area contributed by atoms with Crippen LogP contribution in [0.1, 0.15) is 21.6 Å². The first-order chi connectivity index (χ1) is 8.58. The summed E-state index contributed by atoms with van der Waals surface area (Å²) >= 11 is 0. The van der Waals surface area contributed by atoms with Crippen LogP contribution in [0.5, 0.6) is 0 Å². The summed E-state index contributed by atoms with van der Waals surface area (Å²) < 4.78 is 1.73. The molecule has 5 heteroatoms. The highest BCUT2D eigenvalue weighted by molar-refractivity contribution is 5.98. The molecule has 1 amide bonds. The van der Waals surface area contributed by atoms with E-state index >= 15 is 0 Å². The molecule has 0 unspecified atom stereocenters. The summed E-state index contributed by atoms with van der Waals surface area (Å²) in [5.41, 5.74) is 8.65. The lowest BCUT2D eigenvalue weighted by Gasteiger charge is -2.06. The minimum atomic E-state index is -0.170. The molecule has 5 nitrogen and oxygen atoms in total. The van der Waals surface area contributed by atoms with Crippen molar-refractivity contribution in [3.8, 4) is 0 Å². The lowest BCUT2D eigenvalue weighted by Crippen LogP contribution is -2.23. The Morgan fingerprint density at radius 2 is 2.17 bits per heavy atom. The van der Waals surface area contributed by atoms with E-state index < -0.39 is 0 Å². The van der Waals surface area contributed by atoms with Gasteiger partial charge in [0.1, 0.15) is 0 Å². The molecule has 1 aromatic heterocycles. The normalized spacial score (nSPS) is 10.3. The van der Waals surface area contributed by atoms with Gasteiger partial charge in [-0.3, -0.25) is 9.48 Å². The summed E-state index contributed by atoms with van der Waals surface area (Å²) in [6, 6.07) is 7.02. The Bertz CT molecular complexity index is 574. The van der Waals surface area contributed by atoms with Gasteiger partial charge in [-0.05, 0) is 19.1 Å². The predicted molar refractivity (Wildman–Crippen MR) is 70.0 cm³/mol. The van der Waals surface area contributed by atoms with Gasteiger partial charge in [-0.15, -0.1) is 0 Å². The van der Waals surface area contributed by atoms with Gasteiger partial charge in [-0.2, -0.15) is 5.10 Å². The molecule has 0 bridgehead atoms. The third kappa shape index (κ3) is 2.51. The number of hydrogen-bond acceptors (Lipinski definition) is 3. The summed E-state index contributed by atoms with van der Waals surface area (Å²) in [7, 11) is 1.85. The summed E-state index contributed by atoms with van der Waals surface area (Å²) in [5, 5.41) is 7.06. The lowest BCUT2D eigenvalue weighted by atomic mass is 10.1. The number of nitrogens with zero attached hydrogens (tertiary/aromatic N) is 2. The van der Waals surface area contributed by atoms with Gasteiger partial charge in [0.25, 0.3) is 5.91 Å². The maximum atomic E-state index is 11.9. The van der Waals surface area contributed by atoms with Gasteiger partial charge in [0.2, 0.25) is 0 Å². The fourth-order valence-corrected chi connectivity index (χ4v) is 1.80. The van der Waals surface area contributed by atoms with Gasteiger partial charge in [0.15, 0.2) is 0 Å². The summed E-state index contributed by atoms with van der Waals surface area (Å²) in [4.78, 5) is 11.9. The van der Waals surface area contributed by atoms with Crippen molar-refractivity contribution in [2.24, 2.45) is 7.05 Å². The average molecular weight is 244 g/mol. The van der Waals surface area contributed by atoms with Gasteiger partial charge in [-0.25, -0.2) is 0 Å². The fraction of sp³-hybridized carbons (Fsp3) is 0.231. The van der Waals surface area contributed by atoms with Crippen LogP contribution in [0.2, 0.25) is 0 Å². The average Bonchev–Trinajstić information content (AvgIpc) is 2.65. The van der Waals surface area contributed by atoms with Crippen molar-refractivity contribution in [1.29, 1.82) is 0 Å². The van der Waals surface area contributed by atoms with Crippen molar-refractivity contribution in [2.75, 3.05) is 5.73 Å². The van der Waals surface area contributed by atoms with Crippen LogP contribution in [0.15, 0.2) is 30.5 Å². The Hall–Kier alpha value is -2.30. The molecule has 0 saturated carbocycles. The summed E-state index contributed by atoms with van der Waals surface area (Å²) in [6.07, 6.45) is 1.89. The molecule has 0 atom stereocenters. The van der Waals surface area contributed by atoms with Crippen LogP contribution in [0.4, 0.5) is 5.69 Å². The maximum Gasteiger partial charge on any atom is 0.253 e. The van der Waals surface area contributed by atoms with Crippen molar-refractivity contribution >= 4 is 11.6 Å². The first-order valence-electron chi connectivity index (χ1n) is 5.69. The molecular formula is C13H16N4O. The molecule has 0 aliphatic rings. The van der Waals surface area contributed by atoms with Crippen molar-refractivity contribution in [3.63, 3.8) is 0 Å². The second-order valence-electron chi connectivity index (χ2n) is 4.18. The maximum absolute atomic E-state index is 11.9. The van der Waals surface area contributed by atoms with Crippen LogP contribution in [-0.4, -0.2) is 15.7 Å². The molecule has 0 aliphatic carbocycles. The molecule has 0 aliphatic heterocycles. The zero-order chi connectivity index (χ0) is 13.1. The number of carbonyl (C=O) groups is 1. The number of aromatic nitrogens is 2. The SMILES string of the molecule is Cc1nn(C)cc1CNC(=O)c1ccccc1N. The number of hydrogen-bond donors (Lipinski definition) is 2. The topological polar surface area (TPSA) is 72.9 Å². The Kier molecular flexibility index (Phi) is 3.32. The van der Waals surface area contributed by atoms with Gasteiger partial charge >= 0.3 is 0 Å². The van der Waals surface area contributed by atoms with E-state index in [4.69, 9.17) is 5.73 Å². The summed E-state index contributed by atoms with van der Waals surface area (Å²) in [5.74, 6) is -0.170.